The van der Waals surface area contributed by atoms with E-state index in [1.54, 1.807) is 18.2 Å². The lowest BCUT2D eigenvalue weighted by Gasteiger charge is -2.14. The van der Waals surface area contributed by atoms with Gasteiger partial charge in [-0.25, -0.2) is 4.39 Å². The van der Waals surface area contributed by atoms with Crippen molar-refractivity contribution >= 4 is 40.6 Å². The predicted octanol–water partition coefficient (Wildman–Crippen LogP) is 5.11. The standard InChI is InChI=1S/C19H15ClFNO3S/c1-2-25-16-9-4-3-6-12(16)10-17-18(23)22(19(24)26-17)11-13-14(20)7-5-8-15(13)21/h3-10H,2,11H2,1H3/b17-10+. The monoisotopic (exact) mass is 391 g/mol. The lowest BCUT2D eigenvalue weighted by molar-refractivity contribution is -0.123. The highest BCUT2D eigenvalue weighted by Crippen LogP contribution is 2.35. The average molecular weight is 392 g/mol. The van der Waals surface area contributed by atoms with Gasteiger partial charge in [-0.3, -0.25) is 14.5 Å². The molecule has 0 aliphatic carbocycles. The minimum Gasteiger partial charge on any atom is -0.493 e. The van der Waals surface area contributed by atoms with Gasteiger partial charge in [0.1, 0.15) is 11.6 Å². The first-order chi connectivity index (χ1) is 12.5. The van der Waals surface area contributed by atoms with Crippen LogP contribution in [0.5, 0.6) is 5.75 Å². The zero-order valence-electron chi connectivity index (χ0n) is 13.9. The molecule has 7 heteroatoms. The Morgan fingerprint density at radius 2 is 1.96 bits per heavy atom. The van der Waals surface area contributed by atoms with Crippen LogP contribution >= 0.6 is 23.4 Å². The number of para-hydroxylation sites is 1. The molecule has 1 aliphatic heterocycles. The van der Waals surface area contributed by atoms with Crippen LogP contribution in [-0.4, -0.2) is 22.7 Å². The van der Waals surface area contributed by atoms with Crippen molar-refractivity contribution < 1.29 is 18.7 Å². The lowest BCUT2D eigenvalue weighted by atomic mass is 10.1. The second kappa shape index (κ2) is 7.93. The van der Waals surface area contributed by atoms with E-state index < -0.39 is 17.0 Å². The second-order valence-corrected chi connectivity index (χ2v) is 6.84. The molecule has 2 amide bonds. The van der Waals surface area contributed by atoms with E-state index in [0.717, 1.165) is 16.7 Å². The molecule has 1 saturated heterocycles. The number of thioether (sulfide) groups is 1. The number of rotatable bonds is 5. The Morgan fingerprint density at radius 3 is 2.69 bits per heavy atom. The van der Waals surface area contributed by atoms with Crippen molar-refractivity contribution in [2.24, 2.45) is 0 Å². The SMILES string of the molecule is CCOc1ccccc1/C=C1/SC(=O)N(Cc2c(F)cccc2Cl)C1=O. The van der Waals surface area contributed by atoms with Crippen LogP contribution in [0, 0.1) is 5.82 Å². The number of amides is 2. The van der Waals surface area contributed by atoms with Gasteiger partial charge in [0, 0.05) is 16.1 Å². The van der Waals surface area contributed by atoms with E-state index in [4.69, 9.17) is 16.3 Å². The molecule has 1 aliphatic rings. The van der Waals surface area contributed by atoms with Crippen molar-refractivity contribution in [2.75, 3.05) is 6.61 Å². The third-order valence-corrected chi connectivity index (χ3v) is 5.02. The highest BCUT2D eigenvalue weighted by atomic mass is 35.5. The van der Waals surface area contributed by atoms with Crippen LogP contribution in [0.2, 0.25) is 5.02 Å². The summed E-state index contributed by atoms with van der Waals surface area (Å²) in [6.07, 6.45) is 1.61. The first-order valence-corrected chi connectivity index (χ1v) is 9.10. The fraction of sp³-hybridized carbons (Fsp3) is 0.158. The zero-order valence-corrected chi connectivity index (χ0v) is 15.4. The van der Waals surface area contributed by atoms with Gasteiger partial charge < -0.3 is 4.74 Å². The molecule has 134 valence electrons. The number of hydrogen-bond donors (Lipinski definition) is 0. The molecule has 0 saturated carbocycles. The molecule has 4 nitrogen and oxygen atoms in total. The number of carbonyl (C=O) groups excluding carboxylic acids is 2. The van der Waals surface area contributed by atoms with E-state index in [1.165, 1.54) is 18.2 Å². The topological polar surface area (TPSA) is 46.6 Å². The highest BCUT2D eigenvalue weighted by molar-refractivity contribution is 8.18. The maximum absolute atomic E-state index is 14.0. The van der Waals surface area contributed by atoms with E-state index in [2.05, 4.69) is 0 Å². The molecule has 2 aromatic rings. The summed E-state index contributed by atoms with van der Waals surface area (Å²) in [5, 5.41) is -0.288. The summed E-state index contributed by atoms with van der Waals surface area (Å²) in [5.74, 6) is -0.410. The molecule has 3 rings (SSSR count). The number of halogens is 2. The quantitative estimate of drug-likeness (QED) is 0.664. The van der Waals surface area contributed by atoms with Crippen LogP contribution in [0.25, 0.3) is 6.08 Å². The number of imide groups is 1. The number of hydrogen-bond acceptors (Lipinski definition) is 4. The summed E-state index contributed by atoms with van der Waals surface area (Å²) in [7, 11) is 0. The Bertz CT molecular complexity index is 880. The van der Waals surface area contributed by atoms with Crippen molar-refractivity contribution in [3.63, 3.8) is 0 Å². The maximum Gasteiger partial charge on any atom is 0.293 e. The van der Waals surface area contributed by atoms with Crippen LogP contribution in [0.3, 0.4) is 0 Å². The minimum absolute atomic E-state index is 0.118. The van der Waals surface area contributed by atoms with Crippen LogP contribution in [0.1, 0.15) is 18.1 Å². The fourth-order valence-corrected chi connectivity index (χ4v) is 3.56. The van der Waals surface area contributed by atoms with Crippen molar-refractivity contribution in [2.45, 2.75) is 13.5 Å². The molecule has 1 heterocycles. The molecular weight excluding hydrogens is 377 g/mol. The van der Waals surface area contributed by atoms with Crippen LogP contribution in [0.15, 0.2) is 47.4 Å². The molecule has 0 N–H and O–H groups in total. The molecule has 0 bridgehead atoms. The van der Waals surface area contributed by atoms with Crippen LogP contribution in [-0.2, 0) is 11.3 Å². The van der Waals surface area contributed by atoms with Crippen LogP contribution < -0.4 is 4.74 Å². The van der Waals surface area contributed by atoms with E-state index >= 15 is 0 Å². The summed E-state index contributed by atoms with van der Waals surface area (Å²) >= 11 is 6.81. The van der Waals surface area contributed by atoms with Crippen molar-refractivity contribution in [3.8, 4) is 5.75 Å². The van der Waals surface area contributed by atoms with E-state index in [0.29, 0.717) is 17.9 Å². The summed E-state index contributed by atoms with van der Waals surface area (Å²) in [4.78, 5) is 26.1. The van der Waals surface area contributed by atoms with Gasteiger partial charge in [0.25, 0.3) is 11.1 Å². The third kappa shape index (κ3) is 3.76. The van der Waals surface area contributed by atoms with Gasteiger partial charge >= 0.3 is 0 Å². The van der Waals surface area contributed by atoms with Crippen molar-refractivity contribution in [3.05, 3.63) is 69.3 Å². The number of benzene rings is 2. The van der Waals surface area contributed by atoms with Gasteiger partial charge in [-0.2, -0.15) is 0 Å². The minimum atomic E-state index is -0.553. The number of ether oxygens (including phenoxy) is 1. The summed E-state index contributed by atoms with van der Waals surface area (Å²) in [6.45, 7) is 2.14. The molecule has 0 unspecified atom stereocenters. The van der Waals surface area contributed by atoms with Gasteiger partial charge in [0.2, 0.25) is 0 Å². The molecule has 0 aromatic heterocycles. The average Bonchev–Trinajstić information content (AvgIpc) is 2.87. The molecule has 0 atom stereocenters. The van der Waals surface area contributed by atoms with Gasteiger partial charge in [0.05, 0.1) is 18.1 Å². The predicted molar refractivity (Wildman–Crippen MR) is 101 cm³/mol. The van der Waals surface area contributed by atoms with E-state index in [1.807, 2.05) is 19.1 Å². The van der Waals surface area contributed by atoms with Gasteiger partial charge in [-0.15, -0.1) is 0 Å². The summed E-state index contributed by atoms with van der Waals surface area (Å²) in [6, 6.07) is 11.5. The van der Waals surface area contributed by atoms with Gasteiger partial charge in [-0.1, -0.05) is 35.9 Å². The Labute approximate surface area is 159 Å². The second-order valence-electron chi connectivity index (χ2n) is 5.44. The molecular formula is C19H15ClFNO3S. The Hall–Kier alpha value is -2.31. The summed E-state index contributed by atoms with van der Waals surface area (Å²) in [5.41, 5.74) is 0.816. The normalized spacial score (nSPS) is 15.8. The third-order valence-electron chi connectivity index (χ3n) is 3.76. The van der Waals surface area contributed by atoms with Crippen LogP contribution in [0.4, 0.5) is 9.18 Å². The van der Waals surface area contributed by atoms with Gasteiger partial charge in [0.15, 0.2) is 0 Å². The molecule has 0 radical (unpaired) electrons. The first-order valence-electron chi connectivity index (χ1n) is 7.91. The van der Waals surface area contributed by atoms with Gasteiger partial charge in [-0.05, 0) is 43.0 Å². The van der Waals surface area contributed by atoms with Crippen molar-refractivity contribution in [1.29, 1.82) is 0 Å². The Morgan fingerprint density at radius 1 is 1.19 bits per heavy atom. The Kier molecular flexibility index (Phi) is 5.64. The molecule has 26 heavy (non-hydrogen) atoms. The zero-order chi connectivity index (χ0) is 18.7. The highest BCUT2D eigenvalue weighted by Gasteiger charge is 2.36. The summed E-state index contributed by atoms with van der Waals surface area (Å²) < 4.78 is 19.5. The fourth-order valence-electron chi connectivity index (χ4n) is 2.51. The molecule has 1 fully saturated rings. The van der Waals surface area contributed by atoms with Crippen molar-refractivity contribution in [1.82, 2.24) is 4.90 Å². The van der Waals surface area contributed by atoms with E-state index in [9.17, 15) is 14.0 Å². The molecule has 2 aromatic carbocycles. The van der Waals surface area contributed by atoms with E-state index in [-0.39, 0.29) is 22.0 Å². The Balaban J connectivity index is 1.88. The largest absolute Gasteiger partial charge is 0.493 e. The molecule has 0 spiro atoms. The maximum atomic E-state index is 14.0. The first kappa shape index (κ1) is 18.5. The lowest BCUT2D eigenvalue weighted by Crippen LogP contribution is -2.28. The number of nitrogens with zero attached hydrogens (tertiary/aromatic N) is 1. The smallest absolute Gasteiger partial charge is 0.293 e. The number of carbonyl (C=O) groups is 2.